The highest BCUT2D eigenvalue weighted by Crippen LogP contribution is 2.41. The number of halogens is 1. The molecule has 1 heterocycles. The third-order valence-electron chi connectivity index (χ3n) is 3.36. The summed E-state index contributed by atoms with van der Waals surface area (Å²) in [7, 11) is 0. The van der Waals surface area contributed by atoms with Crippen molar-refractivity contribution in [3.05, 3.63) is 61.7 Å². The van der Waals surface area contributed by atoms with E-state index in [1.165, 1.54) is 11.1 Å². The fourth-order valence-corrected chi connectivity index (χ4v) is 2.76. The van der Waals surface area contributed by atoms with E-state index in [-0.39, 0.29) is 5.56 Å². The standard InChI is InChI=1S/C15H15BrN2O/c1-9-3-2-4-10(7-9)8-12-17-14(11-5-6-11)13(16)15(19)18-12/h2-4,7,11H,5-6,8H2,1H3,(H,17,18,19). The Morgan fingerprint density at radius 3 is 2.89 bits per heavy atom. The Balaban J connectivity index is 1.95. The van der Waals surface area contributed by atoms with Crippen LogP contribution in [0.4, 0.5) is 0 Å². The van der Waals surface area contributed by atoms with Gasteiger partial charge in [-0.3, -0.25) is 4.79 Å². The molecule has 1 aromatic carbocycles. The molecule has 0 unspecified atom stereocenters. The van der Waals surface area contributed by atoms with Crippen molar-refractivity contribution in [1.29, 1.82) is 0 Å². The fourth-order valence-electron chi connectivity index (χ4n) is 2.25. The van der Waals surface area contributed by atoms with Gasteiger partial charge in [-0.1, -0.05) is 29.8 Å². The minimum atomic E-state index is -0.0699. The Labute approximate surface area is 120 Å². The van der Waals surface area contributed by atoms with E-state index >= 15 is 0 Å². The Bertz CT molecular complexity index is 674. The Morgan fingerprint density at radius 2 is 2.21 bits per heavy atom. The third-order valence-corrected chi connectivity index (χ3v) is 4.12. The van der Waals surface area contributed by atoms with Crippen LogP contribution in [-0.4, -0.2) is 9.97 Å². The first-order chi connectivity index (χ1) is 9.13. The highest BCUT2D eigenvalue weighted by molar-refractivity contribution is 9.10. The molecule has 0 saturated heterocycles. The van der Waals surface area contributed by atoms with E-state index in [2.05, 4.69) is 51.0 Å². The number of rotatable bonds is 3. The summed E-state index contributed by atoms with van der Waals surface area (Å²) in [5.41, 5.74) is 3.25. The van der Waals surface area contributed by atoms with Gasteiger partial charge >= 0.3 is 0 Å². The van der Waals surface area contributed by atoms with Crippen molar-refractivity contribution in [2.24, 2.45) is 0 Å². The molecule has 0 atom stereocenters. The maximum Gasteiger partial charge on any atom is 0.265 e. The van der Waals surface area contributed by atoms with E-state index in [9.17, 15) is 4.79 Å². The summed E-state index contributed by atoms with van der Waals surface area (Å²) in [5.74, 6) is 1.22. The molecule has 3 rings (SSSR count). The average Bonchev–Trinajstić information content (AvgIpc) is 3.18. The molecular weight excluding hydrogens is 304 g/mol. The maximum absolute atomic E-state index is 11.9. The van der Waals surface area contributed by atoms with Crippen LogP contribution in [0, 0.1) is 6.92 Å². The lowest BCUT2D eigenvalue weighted by Gasteiger charge is -2.06. The summed E-state index contributed by atoms with van der Waals surface area (Å²) in [6.07, 6.45) is 2.95. The SMILES string of the molecule is Cc1cccc(Cc2nc(C3CC3)c(Br)c(=O)[nH]2)c1. The number of hydrogen-bond donors (Lipinski definition) is 1. The zero-order valence-corrected chi connectivity index (χ0v) is 12.3. The summed E-state index contributed by atoms with van der Waals surface area (Å²) >= 11 is 3.35. The molecule has 1 aliphatic rings. The third kappa shape index (κ3) is 2.78. The van der Waals surface area contributed by atoms with E-state index in [4.69, 9.17) is 0 Å². The topological polar surface area (TPSA) is 45.8 Å². The molecule has 98 valence electrons. The molecule has 1 N–H and O–H groups in total. The predicted molar refractivity (Wildman–Crippen MR) is 78.5 cm³/mol. The molecule has 1 aliphatic carbocycles. The van der Waals surface area contributed by atoms with Gasteiger partial charge < -0.3 is 4.98 Å². The molecule has 4 heteroatoms. The van der Waals surface area contributed by atoms with Crippen LogP contribution in [0.25, 0.3) is 0 Å². The summed E-state index contributed by atoms with van der Waals surface area (Å²) in [5, 5.41) is 0. The van der Waals surface area contributed by atoms with Gasteiger partial charge in [0.1, 0.15) is 10.3 Å². The van der Waals surface area contributed by atoms with Crippen molar-refractivity contribution in [2.45, 2.75) is 32.1 Å². The van der Waals surface area contributed by atoms with Crippen molar-refractivity contribution in [3.63, 3.8) is 0 Å². The average molecular weight is 319 g/mol. The number of aromatic amines is 1. The van der Waals surface area contributed by atoms with Crippen molar-refractivity contribution in [2.75, 3.05) is 0 Å². The Kier molecular flexibility index (Phi) is 3.27. The highest BCUT2D eigenvalue weighted by atomic mass is 79.9. The van der Waals surface area contributed by atoms with E-state index in [1.54, 1.807) is 0 Å². The quantitative estimate of drug-likeness (QED) is 0.943. The van der Waals surface area contributed by atoms with Crippen LogP contribution >= 0.6 is 15.9 Å². The number of aromatic nitrogens is 2. The first-order valence-electron chi connectivity index (χ1n) is 6.47. The lowest BCUT2D eigenvalue weighted by Crippen LogP contribution is -2.15. The molecule has 0 amide bonds. The molecule has 19 heavy (non-hydrogen) atoms. The number of benzene rings is 1. The van der Waals surface area contributed by atoms with Crippen LogP contribution in [0.15, 0.2) is 33.5 Å². The smallest absolute Gasteiger partial charge is 0.265 e. The second kappa shape index (κ2) is 4.93. The summed E-state index contributed by atoms with van der Waals surface area (Å²) in [6, 6.07) is 8.28. The van der Waals surface area contributed by atoms with Crippen LogP contribution in [0.1, 0.15) is 41.4 Å². The molecule has 0 bridgehead atoms. The van der Waals surface area contributed by atoms with Gasteiger partial charge in [0, 0.05) is 12.3 Å². The van der Waals surface area contributed by atoms with Gasteiger partial charge in [0.15, 0.2) is 0 Å². The summed E-state index contributed by atoms with van der Waals surface area (Å²) in [6.45, 7) is 2.07. The molecule has 1 saturated carbocycles. The Morgan fingerprint density at radius 1 is 1.42 bits per heavy atom. The van der Waals surface area contributed by atoms with Crippen molar-refractivity contribution in [1.82, 2.24) is 9.97 Å². The molecule has 0 aliphatic heterocycles. The van der Waals surface area contributed by atoms with E-state index < -0.39 is 0 Å². The summed E-state index contributed by atoms with van der Waals surface area (Å²) in [4.78, 5) is 19.4. The van der Waals surface area contributed by atoms with Crippen LogP contribution in [0.3, 0.4) is 0 Å². The van der Waals surface area contributed by atoms with Crippen LogP contribution < -0.4 is 5.56 Å². The van der Waals surface area contributed by atoms with E-state index in [1.807, 2.05) is 6.07 Å². The molecule has 3 nitrogen and oxygen atoms in total. The zero-order valence-electron chi connectivity index (χ0n) is 10.7. The van der Waals surface area contributed by atoms with E-state index in [0.29, 0.717) is 16.8 Å². The lowest BCUT2D eigenvalue weighted by molar-refractivity contribution is 0.870. The summed E-state index contributed by atoms with van der Waals surface area (Å²) < 4.78 is 0.600. The lowest BCUT2D eigenvalue weighted by atomic mass is 10.1. The first kappa shape index (κ1) is 12.6. The van der Waals surface area contributed by atoms with Crippen molar-refractivity contribution >= 4 is 15.9 Å². The van der Waals surface area contributed by atoms with Crippen LogP contribution in [-0.2, 0) is 6.42 Å². The van der Waals surface area contributed by atoms with Gasteiger partial charge in [0.05, 0.1) is 5.69 Å². The number of H-pyrrole nitrogens is 1. The van der Waals surface area contributed by atoms with Crippen molar-refractivity contribution in [3.8, 4) is 0 Å². The second-order valence-electron chi connectivity index (χ2n) is 5.15. The molecule has 2 aromatic rings. The predicted octanol–water partition coefficient (Wildman–Crippen LogP) is 3.31. The minimum Gasteiger partial charge on any atom is -0.309 e. The first-order valence-corrected chi connectivity index (χ1v) is 7.27. The molecule has 0 radical (unpaired) electrons. The molecule has 1 aromatic heterocycles. The van der Waals surface area contributed by atoms with E-state index in [0.717, 1.165) is 24.4 Å². The minimum absolute atomic E-state index is 0.0699. The molecular formula is C15H15BrN2O. The normalized spacial score (nSPS) is 14.6. The van der Waals surface area contributed by atoms with Gasteiger partial charge in [-0.05, 0) is 41.3 Å². The largest absolute Gasteiger partial charge is 0.309 e. The fraction of sp³-hybridized carbons (Fsp3) is 0.333. The Hall–Kier alpha value is -1.42. The van der Waals surface area contributed by atoms with Gasteiger partial charge in [0.25, 0.3) is 5.56 Å². The zero-order chi connectivity index (χ0) is 13.4. The number of aryl methyl sites for hydroxylation is 1. The van der Waals surface area contributed by atoms with Gasteiger partial charge in [-0.2, -0.15) is 0 Å². The molecule has 0 spiro atoms. The van der Waals surface area contributed by atoms with Crippen LogP contribution in [0.5, 0.6) is 0 Å². The highest BCUT2D eigenvalue weighted by Gasteiger charge is 2.28. The number of hydrogen-bond acceptors (Lipinski definition) is 2. The van der Waals surface area contributed by atoms with Gasteiger partial charge in [-0.15, -0.1) is 0 Å². The van der Waals surface area contributed by atoms with Gasteiger partial charge in [-0.25, -0.2) is 4.98 Å². The number of nitrogens with zero attached hydrogens (tertiary/aromatic N) is 1. The van der Waals surface area contributed by atoms with Crippen molar-refractivity contribution < 1.29 is 0 Å². The maximum atomic E-state index is 11.9. The molecule has 1 fully saturated rings. The van der Waals surface area contributed by atoms with Gasteiger partial charge in [0.2, 0.25) is 0 Å². The number of nitrogens with one attached hydrogen (secondary N) is 1. The second-order valence-corrected chi connectivity index (χ2v) is 5.94. The van der Waals surface area contributed by atoms with Crippen LogP contribution in [0.2, 0.25) is 0 Å². The monoisotopic (exact) mass is 318 g/mol.